The molecule has 0 aliphatic heterocycles. The molecule has 0 N–H and O–H groups in total. The van der Waals surface area contributed by atoms with Gasteiger partial charge >= 0.3 is 0 Å². The van der Waals surface area contributed by atoms with E-state index in [0.29, 0.717) is 6.61 Å². The molecule has 0 bridgehead atoms. The molecule has 3 rings (SSSR count). The van der Waals surface area contributed by atoms with Gasteiger partial charge in [-0.15, -0.1) is 22.1 Å². The zero-order valence-electron chi connectivity index (χ0n) is 14.2. The molecule has 0 aliphatic rings. The number of aromatic nitrogens is 2. The Morgan fingerprint density at radius 2 is 1.71 bits per heavy atom. The van der Waals surface area contributed by atoms with Crippen LogP contribution in [0.5, 0.6) is 5.88 Å². The second-order valence-electron chi connectivity index (χ2n) is 5.97. The van der Waals surface area contributed by atoms with E-state index in [0.717, 1.165) is 36.3 Å². The van der Waals surface area contributed by atoms with Crippen molar-refractivity contribution >= 4 is 27.9 Å². The lowest BCUT2D eigenvalue weighted by atomic mass is 10.2. The van der Waals surface area contributed by atoms with Crippen LogP contribution in [0.25, 0.3) is 10.9 Å². The third-order valence-corrected chi connectivity index (χ3v) is 3.79. The first-order chi connectivity index (χ1) is 11.2. The molecular weight excluding hydrogens is 366 g/mol. The SMILES string of the molecule is Br.CN(C)CCCOc1nn(Cc2ccccc2)c2ccccc12. The predicted octanol–water partition coefficient (Wildman–Crippen LogP) is 3.99. The van der Waals surface area contributed by atoms with Crippen LogP contribution in [0, 0.1) is 0 Å². The van der Waals surface area contributed by atoms with E-state index in [1.807, 2.05) is 22.9 Å². The first-order valence-corrected chi connectivity index (χ1v) is 8.01. The smallest absolute Gasteiger partial charge is 0.240 e. The number of halogens is 1. The van der Waals surface area contributed by atoms with Crippen molar-refractivity contribution in [2.75, 3.05) is 27.2 Å². The standard InChI is InChI=1S/C19H23N3O.BrH/c1-21(2)13-8-14-23-19-17-11-6-7-12-18(17)22(20-19)15-16-9-4-3-5-10-16;/h3-7,9-12H,8,13-15H2,1-2H3;1H. The van der Waals surface area contributed by atoms with Crippen molar-refractivity contribution in [3.63, 3.8) is 0 Å². The molecule has 0 aliphatic carbocycles. The Morgan fingerprint density at radius 3 is 2.46 bits per heavy atom. The molecule has 5 heteroatoms. The highest BCUT2D eigenvalue weighted by Gasteiger charge is 2.11. The monoisotopic (exact) mass is 389 g/mol. The van der Waals surface area contributed by atoms with Crippen molar-refractivity contribution in [2.45, 2.75) is 13.0 Å². The first kappa shape index (κ1) is 18.5. The minimum Gasteiger partial charge on any atom is -0.476 e. The summed E-state index contributed by atoms with van der Waals surface area (Å²) in [4.78, 5) is 2.16. The van der Waals surface area contributed by atoms with Crippen LogP contribution in [0.3, 0.4) is 0 Å². The van der Waals surface area contributed by atoms with Crippen molar-refractivity contribution in [3.05, 3.63) is 60.2 Å². The molecule has 0 unspecified atom stereocenters. The van der Waals surface area contributed by atoms with E-state index in [4.69, 9.17) is 4.74 Å². The zero-order chi connectivity index (χ0) is 16.1. The van der Waals surface area contributed by atoms with Gasteiger partial charge in [0.2, 0.25) is 5.88 Å². The normalized spacial score (nSPS) is 10.8. The molecule has 2 aromatic carbocycles. The van der Waals surface area contributed by atoms with Crippen LogP contribution in [-0.4, -0.2) is 41.9 Å². The number of nitrogens with zero attached hydrogens (tertiary/aromatic N) is 3. The number of fused-ring (bicyclic) bond motifs is 1. The fourth-order valence-corrected chi connectivity index (χ4v) is 2.63. The molecule has 0 radical (unpaired) electrons. The molecule has 0 atom stereocenters. The molecule has 128 valence electrons. The number of ether oxygens (including phenoxy) is 1. The van der Waals surface area contributed by atoms with Crippen LogP contribution >= 0.6 is 17.0 Å². The Hall–Kier alpha value is -1.85. The quantitative estimate of drug-likeness (QED) is 0.572. The molecule has 0 fully saturated rings. The van der Waals surface area contributed by atoms with E-state index in [-0.39, 0.29) is 17.0 Å². The summed E-state index contributed by atoms with van der Waals surface area (Å²) in [6.45, 7) is 2.45. The molecule has 1 aromatic heterocycles. The highest BCUT2D eigenvalue weighted by molar-refractivity contribution is 8.93. The fourth-order valence-electron chi connectivity index (χ4n) is 2.63. The summed E-state index contributed by atoms with van der Waals surface area (Å²) in [6.07, 6.45) is 0.993. The van der Waals surface area contributed by atoms with Gasteiger partial charge in [0, 0.05) is 6.54 Å². The topological polar surface area (TPSA) is 30.3 Å². The Balaban J connectivity index is 0.00000208. The Bertz CT molecular complexity index is 756. The average molecular weight is 390 g/mol. The lowest BCUT2D eigenvalue weighted by Gasteiger charge is -2.09. The van der Waals surface area contributed by atoms with Gasteiger partial charge in [-0.3, -0.25) is 4.68 Å². The average Bonchev–Trinajstić information content (AvgIpc) is 2.91. The summed E-state index contributed by atoms with van der Waals surface area (Å²) in [7, 11) is 4.15. The molecule has 0 saturated heterocycles. The van der Waals surface area contributed by atoms with E-state index < -0.39 is 0 Å². The van der Waals surface area contributed by atoms with Crippen LogP contribution in [0.1, 0.15) is 12.0 Å². The summed E-state index contributed by atoms with van der Waals surface area (Å²) in [5.41, 5.74) is 2.35. The Morgan fingerprint density at radius 1 is 1.00 bits per heavy atom. The van der Waals surface area contributed by atoms with Gasteiger partial charge in [-0.2, -0.15) is 0 Å². The summed E-state index contributed by atoms with van der Waals surface area (Å²) < 4.78 is 7.95. The summed E-state index contributed by atoms with van der Waals surface area (Å²) in [5.74, 6) is 0.732. The van der Waals surface area contributed by atoms with Crippen LogP contribution in [0.15, 0.2) is 54.6 Å². The Labute approximate surface area is 153 Å². The van der Waals surface area contributed by atoms with Crippen molar-refractivity contribution < 1.29 is 4.74 Å². The second-order valence-corrected chi connectivity index (χ2v) is 5.97. The largest absolute Gasteiger partial charge is 0.476 e. The lowest BCUT2D eigenvalue weighted by molar-refractivity contribution is 0.273. The fraction of sp³-hybridized carbons (Fsp3) is 0.316. The highest BCUT2D eigenvalue weighted by Crippen LogP contribution is 2.25. The van der Waals surface area contributed by atoms with E-state index >= 15 is 0 Å². The maximum Gasteiger partial charge on any atom is 0.240 e. The van der Waals surface area contributed by atoms with Crippen LogP contribution in [0.2, 0.25) is 0 Å². The third-order valence-electron chi connectivity index (χ3n) is 3.79. The molecule has 24 heavy (non-hydrogen) atoms. The Kier molecular flexibility index (Phi) is 6.82. The van der Waals surface area contributed by atoms with Gasteiger partial charge in [-0.25, -0.2) is 0 Å². The van der Waals surface area contributed by atoms with Gasteiger partial charge < -0.3 is 9.64 Å². The molecule has 0 amide bonds. The minimum atomic E-state index is 0. The molecule has 0 saturated carbocycles. The van der Waals surface area contributed by atoms with Gasteiger partial charge in [-0.05, 0) is 38.2 Å². The van der Waals surface area contributed by atoms with Crippen LogP contribution in [-0.2, 0) is 6.54 Å². The predicted molar refractivity (Wildman–Crippen MR) is 104 cm³/mol. The molecule has 3 aromatic rings. The van der Waals surface area contributed by atoms with E-state index in [1.165, 1.54) is 5.56 Å². The zero-order valence-corrected chi connectivity index (χ0v) is 15.9. The number of hydrogen-bond acceptors (Lipinski definition) is 3. The lowest BCUT2D eigenvalue weighted by Crippen LogP contribution is -2.15. The van der Waals surface area contributed by atoms with Crippen molar-refractivity contribution in [2.24, 2.45) is 0 Å². The minimum absolute atomic E-state index is 0. The second kappa shape index (κ2) is 8.85. The van der Waals surface area contributed by atoms with Crippen LogP contribution in [0.4, 0.5) is 0 Å². The highest BCUT2D eigenvalue weighted by atomic mass is 79.9. The van der Waals surface area contributed by atoms with E-state index in [1.54, 1.807) is 0 Å². The summed E-state index contributed by atoms with van der Waals surface area (Å²) >= 11 is 0. The van der Waals surface area contributed by atoms with Crippen molar-refractivity contribution in [1.29, 1.82) is 0 Å². The summed E-state index contributed by atoms with van der Waals surface area (Å²) in [5, 5.41) is 5.76. The third kappa shape index (κ3) is 4.58. The number of hydrogen-bond donors (Lipinski definition) is 0. The summed E-state index contributed by atoms with van der Waals surface area (Å²) in [6, 6.07) is 18.6. The molecule has 4 nitrogen and oxygen atoms in total. The molecule has 0 spiro atoms. The molecular formula is C19H24BrN3O. The van der Waals surface area contributed by atoms with Crippen LogP contribution < -0.4 is 4.74 Å². The number of benzene rings is 2. The van der Waals surface area contributed by atoms with Gasteiger partial charge in [0.15, 0.2) is 0 Å². The number of para-hydroxylation sites is 1. The molecule has 1 heterocycles. The number of rotatable bonds is 7. The first-order valence-electron chi connectivity index (χ1n) is 8.01. The van der Waals surface area contributed by atoms with Gasteiger partial charge in [-0.1, -0.05) is 42.5 Å². The van der Waals surface area contributed by atoms with E-state index in [9.17, 15) is 0 Å². The van der Waals surface area contributed by atoms with E-state index in [2.05, 4.69) is 60.5 Å². The van der Waals surface area contributed by atoms with Gasteiger partial charge in [0.25, 0.3) is 0 Å². The maximum absolute atomic E-state index is 5.93. The van der Waals surface area contributed by atoms with Crippen molar-refractivity contribution in [1.82, 2.24) is 14.7 Å². The van der Waals surface area contributed by atoms with Gasteiger partial charge in [0.1, 0.15) is 0 Å². The van der Waals surface area contributed by atoms with Crippen molar-refractivity contribution in [3.8, 4) is 5.88 Å². The maximum atomic E-state index is 5.93. The van der Waals surface area contributed by atoms with Gasteiger partial charge in [0.05, 0.1) is 24.1 Å².